The fourth-order valence-corrected chi connectivity index (χ4v) is 19.1. The average molecular weight is 1640 g/mol. The van der Waals surface area contributed by atoms with Gasteiger partial charge in [-0.3, -0.25) is 29.0 Å². The molecule has 0 radical (unpaired) electrons. The first-order valence-corrected chi connectivity index (χ1v) is 43.9. The minimum Gasteiger partial charge on any atom is -0.375 e. The SMILES string of the molecule is CC1(C)CC(n2ncc3c(=O)[nH]c(CC4CCCC4)nc32)CCO1.O=c1[nH]c(CC2CCCCC2)nc2c1cnn2C1CCCCC1.O=c1[nH]c(Cc2ccc(F)c(Cl)c2)nc2c1cnn2C1CCCCC1.O=c1[nH]c(Cc2ccc(F)cc2)nc2c1cnn2C1CCCCC1.O=c1[nH]c(Cc2ccccn2)nc2c1cnn2C1CCCCC1. The van der Waals surface area contributed by atoms with E-state index in [1.165, 1.54) is 153 Å². The number of aromatic nitrogens is 21. The summed E-state index contributed by atoms with van der Waals surface area (Å²) in [4.78, 5) is 104. The number of rotatable bonds is 15. The summed E-state index contributed by atoms with van der Waals surface area (Å²) < 4.78 is 41.9. The molecule has 11 aromatic heterocycles. The van der Waals surface area contributed by atoms with E-state index in [1.807, 2.05) is 41.6 Å². The van der Waals surface area contributed by atoms with E-state index in [-0.39, 0.29) is 50.3 Å². The lowest BCUT2D eigenvalue weighted by molar-refractivity contribution is -0.0702. The number of fused-ring (bicyclic) bond motifs is 5. The van der Waals surface area contributed by atoms with Crippen molar-refractivity contribution < 1.29 is 13.5 Å². The maximum absolute atomic E-state index is 13.3. The van der Waals surface area contributed by atoms with Crippen molar-refractivity contribution in [2.45, 2.75) is 281 Å². The Morgan fingerprint density at radius 3 is 1.10 bits per heavy atom. The van der Waals surface area contributed by atoms with Crippen LogP contribution in [0.3, 0.4) is 0 Å². The molecule has 1 aliphatic heterocycles. The van der Waals surface area contributed by atoms with Crippen molar-refractivity contribution in [2.75, 3.05) is 6.61 Å². The van der Waals surface area contributed by atoms with E-state index in [0.29, 0.717) is 117 Å². The molecule has 119 heavy (non-hydrogen) atoms. The van der Waals surface area contributed by atoms with Gasteiger partial charge in [0.1, 0.15) is 67.7 Å². The molecule has 27 nitrogen and oxygen atoms in total. The number of H-pyrrole nitrogens is 5. The predicted molar refractivity (Wildman–Crippen MR) is 454 cm³/mol. The molecule has 0 spiro atoms. The third kappa shape index (κ3) is 20.0. The average Bonchev–Trinajstić information content (AvgIpc) is 1.68. The number of aromatic amines is 5. The van der Waals surface area contributed by atoms with Gasteiger partial charge < -0.3 is 29.7 Å². The zero-order chi connectivity index (χ0) is 81.9. The molecular weight excluding hydrogens is 1530 g/mol. The summed E-state index contributed by atoms with van der Waals surface area (Å²) in [5, 5.41) is 25.2. The fraction of sp³-hybridized carbons (Fsp3) is 0.528. The van der Waals surface area contributed by atoms with E-state index in [1.54, 1.807) is 61.4 Å². The summed E-state index contributed by atoms with van der Waals surface area (Å²) in [7, 11) is 0. The molecule has 2 aromatic carbocycles. The van der Waals surface area contributed by atoms with Gasteiger partial charge in [0.05, 0.1) is 71.8 Å². The zero-order valence-electron chi connectivity index (χ0n) is 68.2. The van der Waals surface area contributed by atoms with Gasteiger partial charge in [0.15, 0.2) is 28.2 Å². The third-order valence-corrected chi connectivity index (χ3v) is 25.4. The van der Waals surface area contributed by atoms with Crippen LogP contribution in [0.5, 0.6) is 0 Å². The van der Waals surface area contributed by atoms with Gasteiger partial charge in [-0.25, -0.2) is 57.1 Å². The number of nitrogens with one attached hydrogen (secondary N) is 5. The first-order valence-electron chi connectivity index (χ1n) is 43.5. The molecule has 7 aliphatic rings. The molecule has 20 rings (SSSR count). The van der Waals surface area contributed by atoms with Crippen molar-refractivity contribution in [3.63, 3.8) is 0 Å². The van der Waals surface area contributed by atoms with Gasteiger partial charge in [0.2, 0.25) is 0 Å². The molecule has 0 bridgehead atoms. The molecule has 1 atom stereocenters. The highest BCUT2D eigenvalue weighted by Crippen LogP contribution is 2.37. The topological polar surface area (TPSA) is 340 Å². The Labute approximate surface area is 691 Å². The van der Waals surface area contributed by atoms with Gasteiger partial charge in [-0.1, -0.05) is 171 Å². The van der Waals surface area contributed by atoms with E-state index in [9.17, 15) is 32.8 Å². The van der Waals surface area contributed by atoms with Gasteiger partial charge in [-0.15, -0.1) is 0 Å². The minimum absolute atomic E-state index is 0.0251. The zero-order valence-corrected chi connectivity index (χ0v) is 68.9. The molecule has 1 saturated heterocycles. The normalized spacial score (nSPS) is 18.6. The first-order chi connectivity index (χ1) is 58.0. The summed E-state index contributed by atoms with van der Waals surface area (Å²) in [6, 6.07) is 18.1. The molecule has 12 heterocycles. The van der Waals surface area contributed by atoms with Gasteiger partial charge in [-0.2, -0.15) is 25.5 Å². The predicted octanol–water partition coefficient (Wildman–Crippen LogP) is 16.7. The number of ether oxygens (including phenoxy) is 1. The maximum atomic E-state index is 13.3. The van der Waals surface area contributed by atoms with Crippen molar-refractivity contribution in [1.82, 2.24) is 104 Å². The van der Waals surface area contributed by atoms with E-state index in [4.69, 9.17) is 26.3 Å². The summed E-state index contributed by atoms with van der Waals surface area (Å²) >= 11 is 5.83. The van der Waals surface area contributed by atoms with Crippen molar-refractivity contribution in [3.8, 4) is 0 Å². The van der Waals surface area contributed by atoms with Crippen molar-refractivity contribution >= 4 is 66.8 Å². The van der Waals surface area contributed by atoms with Crippen LogP contribution >= 0.6 is 11.6 Å². The molecule has 6 saturated carbocycles. The Morgan fingerprint density at radius 2 is 0.731 bits per heavy atom. The lowest BCUT2D eigenvalue weighted by Crippen LogP contribution is -2.35. The Kier molecular flexibility index (Phi) is 26.1. The van der Waals surface area contributed by atoms with Crippen molar-refractivity contribution in [3.05, 3.63) is 212 Å². The molecular formula is C89H108ClF2N21O6. The number of hydrogen-bond acceptors (Lipinski definition) is 17. The summed E-state index contributed by atoms with van der Waals surface area (Å²) in [5.41, 5.74) is 5.36. The van der Waals surface area contributed by atoms with Gasteiger partial charge in [0, 0.05) is 50.6 Å². The Morgan fingerprint density at radius 1 is 0.395 bits per heavy atom. The molecule has 1 unspecified atom stereocenters. The summed E-state index contributed by atoms with van der Waals surface area (Å²) in [6.07, 6.45) is 50.1. The van der Waals surface area contributed by atoms with E-state index >= 15 is 0 Å². The molecule has 5 N–H and O–H groups in total. The quantitative estimate of drug-likeness (QED) is 0.0636. The molecule has 13 aromatic rings. The Hall–Kier alpha value is -10.6. The second-order valence-electron chi connectivity index (χ2n) is 34.4. The van der Waals surface area contributed by atoms with Gasteiger partial charge >= 0.3 is 0 Å². The number of pyridine rings is 1. The van der Waals surface area contributed by atoms with E-state index in [0.717, 1.165) is 123 Å². The lowest BCUT2D eigenvalue weighted by Gasteiger charge is -2.35. The number of hydrogen-bond donors (Lipinski definition) is 5. The van der Waals surface area contributed by atoms with Crippen LogP contribution in [-0.4, -0.2) is 116 Å². The highest BCUT2D eigenvalue weighted by molar-refractivity contribution is 6.30. The molecule has 626 valence electrons. The van der Waals surface area contributed by atoms with Crippen LogP contribution < -0.4 is 27.8 Å². The smallest absolute Gasteiger partial charge is 0.262 e. The number of benzene rings is 2. The standard InChI is InChI=1S/C18H18ClFN4O.C18H19FN4O.C18H26N4O2.C18H26N4O.C17H19N5O/c19-14-8-11(6-7-15(14)20)9-16-22-17-13(18(25)23-16)10-21-24(17)12-4-2-1-3-5-12;19-13-8-6-12(7-9-13)10-16-21-17-15(18(24)22-16)11-20-23(17)14-4-2-1-3-5-14;1-18(2)10-13(7-8-24-18)22-16-14(11-19-22)17(23)21-15(20-16)9-12-5-3-4-6-12;23-18-15-12-19-22(14-9-5-2-6-10-14)17(15)20-16(21-18)11-13-7-3-1-4-8-13;23-17-14-11-19-22(13-7-2-1-3-8-13)16(14)20-15(21-17)10-12-6-4-5-9-18-12/h6-8,10,12H,1-5,9H2,(H,22,23,25);6-9,11,14H,1-5,10H2,(H,21,22,24);11-13H,3-10H2,1-2H3,(H,20,21,23);12-14H,1-11H2,(H,20,21,23);4-6,9,11,13H,1-3,7-8,10H2,(H,20,21,23). The van der Waals surface area contributed by atoms with Crippen LogP contribution in [0, 0.1) is 23.5 Å². The third-order valence-electron chi connectivity index (χ3n) is 25.1. The van der Waals surface area contributed by atoms with Crippen LogP contribution in [0.15, 0.2) is 122 Å². The second-order valence-corrected chi connectivity index (χ2v) is 34.8. The number of nitrogens with zero attached hydrogens (tertiary/aromatic N) is 16. The van der Waals surface area contributed by atoms with Crippen LogP contribution in [0.2, 0.25) is 5.02 Å². The lowest BCUT2D eigenvalue weighted by atomic mass is 9.87. The van der Waals surface area contributed by atoms with Crippen LogP contribution in [-0.2, 0) is 36.8 Å². The van der Waals surface area contributed by atoms with Crippen LogP contribution in [0.4, 0.5) is 8.78 Å². The van der Waals surface area contributed by atoms with E-state index in [2.05, 4.69) is 84.2 Å². The van der Waals surface area contributed by atoms with E-state index < -0.39 is 5.82 Å². The maximum Gasteiger partial charge on any atom is 0.262 e. The summed E-state index contributed by atoms with van der Waals surface area (Å²) in [6.45, 7) is 4.93. The highest BCUT2D eigenvalue weighted by Gasteiger charge is 2.33. The minimum atomic E-state index is -0.460. The van der Waals surface area contributed by atoms with Gasteiger partial charge in [0.25, 0.3) is 27.8 Å². The molecule has 0 amide bonds. The molecule has 30 heteroatoms. The highest BCUT2D eigenvalue weighted by atomic mass is 35.5. The second kappa shape index (κ2) is 37.8. The largest absolute Gasteiger partial charge is 0.375 e. The fourth-order valence-electron chi connectivity index (χ4n) is 18.9. The Balaban J connectivity index is 0.000000111. The Bertz CT molecular complexity index is 5920. The van der Waals surface area contributed by atoms with Crippen molar-refractivity contribution in [2.24, 2.45) is 11.8 Å². The van der Waals surface area contributed by atoms with Gasteiger partial charge in [-0.05, 0) is 137 Å². The first kappa shape index (κ1) is 82.2. The van der Waals surface area contributed by atoms with Crippen LogP contribution in [0.1, 0.15) is 289 Å². The monoisotopic (exact) mass is 1640 g/mol. The molecule has 6 aliphatic carbocycles. The van der Waals surface area contributed by atoms with Crippen LogP contribution in [0.25, 0.3) is 55.2 Å². The number of halogens is 3. The molecule has 7 fully saturated rings. The summed E-state index contributed by atoms with van der Waals surface area (Å²) in [5.74, 6) is 4.01. The van der Waals surface area contributed by atoms with Crippen molar-refractivity contribution in [1.29, 1.82) is 0 Å².